The summed E-state index contributed by atoms with van der Waals surface area (Å²) >= 11 is 5.85. The highest BCUT2D eigenvalue weighted by Gasteiger charge is 2.23. The van der Waals surface area contributed by atoms with Crippen LogP contribution in [0, 0.1) is 0 Å². The van der Waals surface area contributed by atoms with Gasteiger partial charge in [0.05, 0.1) is 19.8 Å². The van der Waals surface area contributed by atoms with Crippen molar-refractivity contribution in [1.29, 1.82) is 0 Å². The summed E-state index contributed by atoms with van der Waals surface area (Å²) in [6, 6.07) is 17.6. The zero-order chi connectivity index (χ0) is 14.5. The van der Waals surface area contributed by atoms with Crippen LogP contribution in [0.25, 0.3) is 0 Å². The molecule has 1 fully saturated rings. The first kappa shape index (κ1) is 14.5. The van der Waals surface area contributed by atoms with Crippen LogP contribution in [0.2, 0.25) is 5.02 Å². The van der Waals surface area contributed by atoms with Crippen molar-refractivity contribution >= 4 is 11.6 Å². The fourth-order valence-corrected chi connectivity index (χ4v) is 2.31. The monoisotopic (exact) mass is 304 g/mol. The molecule has 3 nitrogen and oxygen atoms in total. The van der Waals surface area contributed by atoms with Crippen LogP contribution in [0.3, 0.4) is 0 Å². The fraction of sp³-hybridized carbons (Fsp3) is 0.294. The summed E-state index contributed by atoms with van der Waals surface area (Å²) < 4.78 is 17.2. The van der Waals surface area contributed by atoms with Crippen molar-refractivity contribution < 1.29 is 14.2 Å². The molecule has 1 saturated heterocycles. The highest BCUT2D eigenvalue weighted by atomic mass is 35.5. The molecule has 0 unspecified atom stereocenters. The third-order valence-corrected chi connectivity index (χ3v) is 3.59. The molecule has 2 aromatic rings. The number of ether oxygens (including phenoxy) is 3. The van der Waals surface area contributed by atoms with Gasteiger partial charge in [0.2, 0.25) is 0 Å². The van der Waals surface area contributed by atoms with Gasteiger partial charge in [-0.1, -0.05) is 54.1 Å². The molecule has 0 spiro atoms. The van der Waals surface area contributed by atoms with Crippen LogP contribution in [-0.4, -0.2) is 19.3 Å². The number of halogens is 1. The summed E-state index contributed by atoms with van der Waals surface area (Å²) in [7, 11) is 0. The molecule has 0 saturated carbocycles. The Hall–Kier alpha value is -1.39. The molecule has 0 aliphatic carbocycles. The van der Waals surface area contributed by atoms with Crippen LogP contribution in [0.1, 0.15) is 17.4 Å². The molecule has 3 rings (SSSR count). The lowest BCUT2D eigenvalue weighted by Gasteiger charge is -2.29. The van der Waals surface area contributed by atoms with Gasteiger partial charge in [-0.2, -0.15) is 0 Å². The summed E-state index contributed by atoms with van der Waals surface area (Å²) in [5, 5.41) is 0.730. The zero-order valence-electron chi connectivity index (χ0n) is 11.6. The van der Waals surface area contributed by atoms with Crippen molar-refractivity contribution in [1.82, 2.24) is 0 Å². The molecular formula is C17H17ClO3. The molecule has 0 atom stereocenters. The Morgan fingerprint density at radius 3 is 2.29 bits per heavy atom. The number of hydrogen-bond donors (Lipinski definition) is 0. The second-order valence-electron chi connectivity index (χ2n) is 4.97. The fourth-order valence-electron chi connectivity index (χ4n) is 2.18. The van der Waals surface area contributed by atoms with Gasteiger partial charge in [-0.3, -0.25) is 0 Å². The minimum atomic E-state index is -0.290. The van der Waals surface area contributed by atoms with Crippen LogP contribution in [-0.2, 0) is 20.8 Å². The van der Waals surface area contributed by atoms with E-state index in [0.717, 1.165) is 16.1 Å². The molecule has 1 heterocycles. The Balaban J connectivity index is 1.47. The summed E-state index contributed by atoms with van der Waals surface area (Å²) in [6.07, 6.45) is -0.331. The molecule has 1 aliphatic rings. The van der Waals surface area contributed by atoms with E-state index < -0.39 is 0 Å². The van der Waals surface area contributed by atoms with E-state index in [1.807, 2.05) is 54.6 Å². The van der Waals surface area contributed by atoms with Gasteiger partial charge in [0.1, 0.15) is 6.10 Å². The first-order chi connectivity index (χ1) is 10.3. The van der Waals surface area contributed by atoms with Crippen molar-refractivity contribution in [3.63, 3.8) is 0 Å². The number of benzene rings is 2. The highest BCUT2D eigenvalue weighted by molar-refractivity contribution is 6.30. The smallest absolute Gasteiger partial charge is 0.184 e. The Kier molecular flexibility index (Phi) is 4.88. The van der Waals surface area contributed by atoms with E-state index in [4.69, 9.17) is 25.8 Å². The Morgan fingerprint density at radius 1 is 0.952 bits per heavy atom. The van der Waals surface area contributed by atoms with Crippen LogP contribution in [0.5, 0.6) is 0 Å². The van der Waals surface area contributed by atoms with Crippen molar-refractivity contribution in [3.8, 4) is 0 Å². The summed E-state index contributed by atoms with van der Waals surface area (Å²) in [4.78, 5) is 0. The van der Waals surface area contributed by atoms with Crippen molar-refractivity contribution in [2.75, 3.05) is 13.2 Å². The van der Waals surface area contributed by atoms with Crippen LogP contribution < -0.4 is 0 Å². The van der Waals surface area contributed by atoms with Crippen molar-refractivity contribution in [2.45, 2.75) is 19.0 Å². The van der Waals surface area contributed by atoms with E-state index in [9.17, 15) is 0 Å². The van der Waals surface area contributed by atoms with E-state index in [2.05, 4.69) is 0 Å². The van der Waals surface area contributed by atoms with Crippen LogP contribution >= 0.6 is 11.6 Å². The van der Waals surface area contributed by atoms with E-state index in [0.29, 0.717) is 19.8 Å². The minimum Gasteiger partial charge on any atom is -0.369 e. The summed E-state index contributed by atoms with van der Waals surface area (Å²) in [5.74, 6) is 0. The molecule has 0 bridgehead atoms. The molecule has 0 amide bonds. The molecule has 0 N–H and O–H groups in total. The minimum absolute atomic E-state index is 0.0411. The molecule has 0 aromatic heterocycles. The van der Waals surface area contributed by atoms with Gasteiger partial charge in [-0.25, -0.2) is 0 Å². The predicted molar refractivity (Wildman–Crippen MR) is 81.1 cm³/mol. The van der Waals surface area contributed by atoms with E-state index in [1.165, 1.54) is 0 Å². The Bertz CT molecular complexity index is 548. The molecule has 1 aliphatic heterocycles. The molecule has 0 radical (unpaired) electrons. The zero-order valence-corrected chi connectivity index (χ0v) is 12.3. The third-order valence-electron chi connectivity index (χ3n) is 3.34. The second kappa shape index (κ2) is 7.05. The Morgan fingerprint density at radius 2 is 1.62 bits per heavy atom. The van der Waals surface area contributed by atoms with Gasteiger partial charge in [0, 0.05) is 10.6 Å². The first-order valence-electron chi connectivity index (χ1n) is 6.95. The maximum Gasteiger partial charge on any atom is 0.184 e. The average Bonchev–Trinajstić information content (AvgIpc) is 2.56. The summed E-state index contributed by atoms with van der Waals surface area (Å²) in [6.45, 7) is 1.60. The van der Waals surface area contributed by atoms with Gasteiger partial charge in [0.15, 0.2) is 6.29 Å². The van der Waals surface area contributed by atoms with E-state index in [-0.39, 0.29) is 12.4 Å². The second-order valence-corrected chi connectivity index (χ2v) is 5.41. The molecule has 21 heavy (non-hydrogen) atoms. The van der Waals surface area contributed by atoms with Crippen LogP contribution in [0.15, 0.2) is 54.6 Å². The van der Waals surface area contributed by atoms with Crippen molar-refractivity contribution in [3.05, 3.63) is 70.7 Å². The lowest BCUT2D eigenvalue weighted by molar-refractivity contribution is -0.232. The number of hydrogen-bond acceptors (Lipinski definition) is 3. The summed E-state index contributed by atoms with van der Waals surface area (Å²) in [5.41, 5.74) is 2.12. The predicted octanol–water partition coefficient (Wildman–Crippen LogP) is 3.97. The normalized spacial score (nSPS) is 22.1. The van der Waals surface area contributed by atoms with Gasteiger partial charge in [0.25, 0.3) is 0 Å². The van der Waals surface area contributed by atoms with Gasteiger partial charge in [-0.15, -0.1) is 0 Å². The van der Waals surface area contributed by atoms with E-state index in [1.54, 1.807) is 0 Å². The quantitative estimate of drug-likeness (QED) is 0.855. The maximum atomic E-state index is 5.85. The molecule has 110 valence electrons. The standard InChI is InChI=1S/C17H17ClO3/c18-15-8-6-13(7-9-15)10-19-16-11-20-17(21-12-16)14-4-2-1-3-5-14/h1-9,16-17H,10-12H2/t16-,17+. The third kappa shape index (κ3) is 4.05. The maximum absolute atomic E-state index is 5.85. The highest BCUT2D eigenvalue weighted by Crippen LogP contribution is 2.23. The molecular weight excluding hydrogens is 288 g/mol. The SMILES string of the molecule is Clc1ccc(CO[C@H]2CO[C@@H](c3ccccc3)OC2)cc1. The average molecular weight is 305 g/mol. The topological polar surface area (TPSA) is 27.7 Å². The lowest BCUT2D eigenvalue weighted by atomic mass is 10.2. The number of rotatable bonds is 4. The Labute approximate surface area is 129 Å². The lowest BCUT2D eigenvalue weighted by Crippen LogP contribution is -2.33. The largest absolute Gasteiger partial charge is 0.369 e. The molecule has 4 heteroatoms. The van der Waals surface area contributed by atoms with Gasteiger partial charge in [-0.05, 0) is 17.7 Å². The van der Waals surface area contributed by atoms with Gasteiger partial charge >= 0.3 is 0 Å². The first-order valence-corrected chi connectivity index (χ1v) is 7.33. The van der Waals surface area contributed by atoms with Gasteiger partial charge < -0.3 is 14.2 Å². The molecule has 2 aromatic carbocycles. The van der Waals surface area contributed by atoms with E-state index >= 15 is 0 Å². The van der Waals surface area contributed by atoms with Crippen LogP contribution in [0.4, 0.5) is 0 Å². The van der Waals surface area contributed by atoms with Crippen molar-refractivity contribution in [2.24, 2.45) is 0 Å².